The van der Waals surface area contributed by atoms with Crippen molar-refractivity contribution < 1.29 is 33.4 Å². The SMILES string of the molecule is COc1ccc(OC)c(CC(=O)O[C@H](C)C(=O)Nc2cccc3c2C(=O)c2ccccc2C3=O)c1. The number of carbonyl (C=O) groups is 4. The smallest absolute Gasteiger partial charge is 0.311 e. The van der Waals surface area contributed by atoms with Crippen LogP contribution in [0.15, 0.2) is 60.7 Å². The van der Waals surface area contributed by atoms with Gasteiger partial charge in [0.2, 0.25) is 0 Å². The summed E-state index contributed by atoms with van der Waals surface area (Å²) >= 11 is 0. The molecule has 0 radical (unpaired) electrons. The van der Waals surface area contributed by atoms with Crippen molar-refractivity contribution in [3.05, 3.63) is 88.5 Å². The lowest BCUT2D eigenvalue weighted by molar-refractivity contribution is -0.152. The molecule has 1 atom stereocenters. The van der Waals surface area contributed by atoms with Crippen molar-refractivity contribution in [2.24, 2.45) is 0 Å². The van der Waals surface area contributed by atoms with Gasteiger partial charge in [-0.05, 0) is 31.2 Å². The van der Waals surface area contributed by atoms with E-state index in [2.05, 4.69) is 5.32 Å². The van der Waals surface area contributed by atoms with E-state index in [1.54, 1.807) is 54.6 Å². The van der Waals surface area contributed by atoms with Gasteiger partial charge in [0.05, 0.1) is 31.9 Å². The van der Waals surface area contributed by atoms with Crippen molar-refractivity contribution in [3.8, 4) is 11.5 Å². The van der Waals surface area contributed by atoms with Gasteiger partial charge in [-0.25, -0.2) is 0 Å². The lowest BCUT2D eigenvalue weighted by Gasteiger charge is -2.21. The number of methoxy groups -OCH3 is 2. The first-order valence-corrected chi connectivity index (χ1v) is 10.9. The minimum Gasteiger partial charge on any atom is -0.497 e. The van der Waals surface area contributed by atoms with Crippen molar-refractivity contribution >= 4 is 29.1 Å². The topological polar surface area (TPSA) is 108 Å². The van der Waals surface area contributed by atoms with E-state index in [0.29, 0.717) is 22.6 Å². The molecule has 1 amide bonds. The molecule has 8 nitrogen and oxygen atoms in total. The summed E-state index contributed by atoms with van der Waals surface area (Å²) < 4.78 is 15.8. The predicted molar refractivity (Wildman–Crippen MR) is 127 cm³/mol. The number of esters is 1. The second kappa shape index (κ2) is 9.80. The van der Waals surface area contributed by atoms with Crippen LogP contribution in [0.2, 0.25) is 0 Å². The Morgan fingerprint density at radius 1 is 0.857 bits per heavy atom. The number of ether oxygens (including phenoxy) is 3. The van der Waals surface area contributed by atoms with Crippen molar-refractivity contribution in [1.82, 2.24) is 0 Å². The number of hydrogen-bond acceptors (Lipinski definition) is 7. The van der Waals surface area contributed by atoms with Crippen LogP contribution in [0.4, 0.5) is 5.69 Å². The minimum absolute atomic E-state index is 0.115. The number of nitrogens with one attached hydrogen (secondary N) is 1. The van der Waals surface area contributed by atoms with E-state index in [0.717, 1.165) is 0 Å². The summed E-state index contributed by atoms with van der Waals surface area (Å²) in [5.41, 5.74) is 1.65. The molecular formula is C27H23NO7. The van der Waals surface area contributed by atoms with Crippen LogP contribution in [-0.2, 0) is 20.7 Å². The molecular weight excluding hydrogens is 450 g/mol. The molecule has 0 fully saturated rings. The molecule has 0 aromatic heterocycles. The molecule has 0 heterocycles. The van der Waals surface area contributed by atoms with Gasteiger partial charge in [0.25, 0.3) is 5.91 Å². The van der Waals surface area contributed by atoms with Crippen molar-refractivity contribution in [3.63, 3.8) is 0 Å². The van der Waals surface area contributed by atoms with Gasteiger partial charge in [-0.3, -0.25) is 19.2 Å². The predicted octanol–water partition coefficient (Wildman–Crippen LogP) is 3.59. The second-order valence-electron chi connectivity index (χ2n) is 7.91. The molecule has 0 spiro atoms. The minimum atomic E-state index is -1.16. The molecule has 35 heavy (non-hydrogen) atoms. The highest BCUT2D eigenvalue weighted by Crippen LogP contribution is 2.32. The van der Waals surface area contributed by atoms with Gasteiger partial charge in [-0.1, -0.05) is 36.4 Å². The van der Waals surface area contributed by atoms with Crippen molar-refractivity contribution in [2.75, 3.05) is 19.5 Å². The van der Waals surface area contributed by atoms with Crippen LogP contribution in [0.3, 0.4) is 0 Å². The van der Waals surface area contributed by atoms with E-state index in [9.17, 15) is 19.2 Å². The van der Waals surface area contributed by atoms with Gasteiger partial charge in [0.1, 0.15) is 11.5 Å². The first-order valence-electron chi connectivity index (χ1n) is 10.9. The molecule has 3 aromatic rings. The fourth-order valence-electron chi connectivity index (χ4n) is 3.95. The van der Waals surface area contributed by atoms with E-state index >= 15 is 0 Å². The van der Waals surface area contributed by atoms with Crippen molar-refractivity contribution in [2.45, 2.75) is 19.4 Å². The molecule has 3 aromatic carbocycles. The van der Waals surface area contributed by atoms with Crippen LogP contribution >= 0.6 is 0 Å². The highest BCUT2D eigenvalue weighted by Gasteiger charge is 2.32. The molecule has 0 aliphatic heterocycles. The molecule has 0 unspecified atom stereocenters. The Kier molecular flexibility index (Phi) is 6.64. The van der Waals surface area contributed by atoms with E-state index < -0.39 is 18.0 Å². The molecule has 8 heteroatoms. The number of ketones is 2. The van der Waals surface area contributed by atoms with Crippen LogP contribution in [0.5, 0.6) is 11.5 Å². The molecule has 1 aliphatic carbocycles. The van der Waals surface area contributed by atoms with Crippen LogP contribution in [-0.4, -0.2) is 43.8 Å². The molecule has 178 valence electrons. The van der Waals surface area contributed by atoms with Gasteiger partial charge >= 0.3 is 5.97 Å². The maximum absolute atomic E-state index is 13.1. The first kappa shape index (κ1) is 23.7. The van der Waals surface area contributed by atoms with Gasteiger partial charge in [-0.2, -0.15) is 0 Å². The number of fused-ring (bicyclic) bond motifs is 2. The van der Waals surface area contributed by atoms with E-state index in [4.69, 9.17) is 14.2 Å². The van der Waals surface area contributed by atoms with E-state index in [1.807, 2.05) is 0 Å². The number of benzene rings is 3. The summed E-state index contributed by atoms with van der Waals surface area (Å²) in [6.45, 7) is 1.42. The van der Waals surface area contributed by atoms with Gasteiger partial charge in [0, 0.05) is 22.3 Å². The summed E-state index contributed by atoms with van der Waals surface area (Å²) in [5, 5.41) is 2.63. The lowest BCUT2D eigenvalue weighted by atomic mass is 9.83. The summed E-state index contributed by atoms with van der Waals surface area (Å²) in [4.78, 5) is 51.3. The maximum atomic E-state index is 13.1. The number of rotatable bonds is 7. The number of hydrogen-bond donors (Lipinski definition) is 1. The average molecular weight is 473 g/mol. The molecule has 1 aliphatic rings. The molecule has 1 N–H and O–H groups in total. The molecule has 4 rings (SSSR count). The Bertz CT molecular complexity index is 1350. The van der Waals surface area contributed by atoms with Gasteiger partial charge in [0.15, 0.2) is 17.7 Å². The standard InChI is InChI=1S/C27H23NO7/c1-15(35-23(29)14-16-13-17(33-2)11-12-22(16)34-3)27(32)28-21-10-6-9-20-24(21)26(31)19-8-5-4-7-18(19)25(20)30/h4-13,15H,14H2,1-3H3,(H,28,32)/t15-/m1/s1. The van der Waals surface area contributed by atoms with Gasteiger partial charge < -0.3 is 19.5 Å². The Morgan fingerprint density at radius 2 is 1.54 bits per heavy atom. The van der Waals surface area contributed by atoms with E-state index in [1.165, 1.54) is 27.2 Å². The summed E-state index contributed by atoms with van der Waals surface area (Å²) in [6.07, 6.45) is -1.29. The monoisotopic (exact) mass is 473 g/mol. The fraction of sp³-hybridized carbons (Fsp3) is 0.185. The normalized spacial score (nSPS) is 12.8. The number of anilines is 1. The third-order valence-corrected chi connectivity index (χ3v) is 5.71. The molecule has 0 bridgehead atoms. The summed E-state index contributed by atoms with van der Waals surface area (Å²) in [5.74, 6) is -0.898. The van der Waals surface area contributed by atoms with E-state index in [-0.39, 0.29) is 40.4 Å². The Labute approximate surface area is 201 Å². The highest BCUT2D eigenvalue weighted by atomic mass is 16.5. The van der Waals surface area contributed by atoms with Crippen molar-refractivity contribution in [1.29, 1.82) is 0 Å². The summed E-state index contributed by atoms with van der Waals surface area (Å²) in [6, 6.07) is 16.2. The average Bonchev–Trinajstić information content (AvgIpc) is 2.87. The quantitative estimate of drug-likeness (QED) is 0.409. The molecule has 0 saturated heterocycles. The van der Waals surface area contributed by atoms with Crippen LogP contribution in [0, 0.1) is 0 Å². The lowest BCUT2D eigenvalue weighted by Crippen LogP contribution is -2.32. The van der Waals surface area contributed by atoms with Crippen LogP contribution in [0.1, 0.15) is 44.3 Å². The Morgan fingerprint density at radius 3 is 2.23 bits per heavy atom. The van der Waals surface area contributed by atoms with Crippen LogP contribution < -0.4 is 14.8 Å². The third-order valence-electron chi connectivity index (χ3n) is 5.71. The Balaban J connectivity index is 1.49. The fourth-order valence-corrected chi connectivity index (χ4v) is 3.95. The summed E-state index contributed by atoms with van der Waals surface area (Å²) in [7, 11) is 2.99. The van der Waals surface area contributed by atoms with Gasteiger partial charge in [-0.15, -0.1) is 0 Å². The first-order chi connectivity index (χ1) is 16.8. The zero-order chi connectivity index (χ0) is 25.1. The molecule has 0 saturated carbocycles. The highest BCUT2D eigenvalue weighted by molar-refractivity contribution is 6.30. The third kappa shape index (κ3) is 4.63. The second-order valence-corrected chi connectivity index (χ2v) is 7.91. The number of carbonyl (C=O) groups excluding carboxylic acids is 4. The zero-order valence-corrected chi connectivity index (χ0v) is 19.4. The number of amides is 1. The maximum Gasteiger partial charge on any atom is 0.311 e. The van der Waals surface area contributed by atoms with Crippen LogP contribution in [0.25, 0.3) is 0 Å². The zero-order valence-electron chi connectivity index (χ0n) is 19.4. The largest absolute Gasteiger partial charge is 0.497 e. The Hall–Kier alpha value is -4.46.